The van der Waals surface area contributed by atoms with Crippen molar-refractivity contribution in [2.75, 3.05) is 25.6 Å². The first-order valence-electron chi connectivity index (χ1n) is 4.06. The first kappa shape index (κ1) is 11.3. The number of rotatable bonds is 3. The maximum absolute atomic E-state index is 11.2. The van der Waals surface area contributed by atoms with Crippen LogP contribution in [0.5, 0.6) is 0 Å². The fourth-order valence-corrected chi connectivity index (χ4v) is 2.03. The predicted molar refractivity (Wildman–Crippen MR) is 57.4 cm³/mol. The number of hydrogen-bond acceptors (Lipinski definition) is 5. The van der Waals surface area contributed by atoms with Crippen molar-refractivity contribution in [3.8, 4) is 0 Å². The van der Waals surface area contributed by atoms with Crippen LogP contribution in [0.15, 0.2) is 0 Å². The van der Waals surface area contributed by atoms with Gasteiger partial charge >= 0.3 is 5.97 Å². The van der Waals surface area contributed by atoms with Gasteiger partial charge in [0.05, 0.1) is 7.11 Å². The van der Waals surface area contributed by atoms with E-state index in [0.29, 0.717) is 4.88 Å². The van der Waals surface area contributed by atoms with E-state index in [1.54, 1.807) is 0 Å². The van der Waals surface area contributed by atoms with Gasteiger partial charge in [0.15, 0.2) is 15.2 Å². The van der Waals surface area contributed by atoms with E-state index < -0.39 is 5.97 Å². The first-order chi connectivity index (χ1) is 6.60. The molecule has 0 amide bonds. The van der Waals surface area contributed by atoms with E-state index in [4.69, 9.17) is 11.6 Å². The van der Waals surface area contributed by atoms with Crippen LogP contribution in [-0.2, 0) is 4.74 Å². The van der Waals surface area contributed by atoms with Gasteiger partial charge in [0.25, 0.3) is 0 Å². The summed E-state index contributed by atoms with van der Waals surface area (Å²) < 4.78 is 4.57. The van der Waals surface area contributed by atoms with Crippen molar-refractivity contribution >= 4 is 34.0 Å². The number of nitrogens with zero attached hydrogens (tertiary/aromatic N) is 2. The summed E-state index contributed by atoms with van der Waals surface area (Å²) in [6.07, 6.45) is 0. The number of halogens is 1. The Balaban J connectivity index is 2.98. The number of carbonyl (C=O) groups excluding carboxylic acids is 1. The maximum atomic E-state index is 11.2. The average molecular weight is 235 g/mol. The first-order valence-corrected chi connectivity index (χ1v) is 5.25. The topological polar surface area (TPSA) is 42.4 Å². The standard InChI is InChI=1S/C8H11ClN2O2S/c1-4-11(2)8-10-6(9)5(14-8)7(12)13-3/h4H2,1-3H3. The SMILES string of the molecule is CCN(C)c1nc(Cl)c(C(=O)OC)s1. The fraction of sp³-hybridized carbons (Fsp3) is 0.500. The zero-order valence-corrected chi connectivity index (χ0v) is 9.78. The summed E-state index contributed by atoms with van der Waals surface area (Å²) in [7, 11) is 3.21. The van der Waals surface area contributed by atoms with Crippen molar-refractivity contribution in [3.05, 3.63) is 10.0 Å². The van der Waals surface area contributed by atoms with Crippen LogP contribution in [0.2, 0.25) is 5.15 Å². The highest BCUT2D eigenvalue weighted by Crippen LogP contribution is 2.29. The van der Waals surface area contributed by atoms with Gasteiger partial charge < -0.3 is 9.64 Å². The largest absolute Gasteiger partial charge is 0.465 e. The highest BCUT2D eigenvalue weighted by Gasteiger charge is 2.18. The van der Waals surface area contributed by atoms with Gasteiger partial charge in [-0.15, -0.1) is 0 Å². The van der Waals surface area contributed by atoms with Crippen LogP contribution in [0.25, 0.3) is 0 Å². The minimum Gasteiger partial charge on any atom is -0.465 e. The molecule has 0 saturated heterocycles. The molecule has 14 heavy (non-hydrogen) atoms. The Kier molecular flexibility index (Phi) is 3.71. The molecule has 0 fully saturated rings. The lowest BCUT2D eigenvalue weighted by atomic mass is 10.6. The number of aromatic nitrogens is 1. The zero-order valence-electron chi connectivity index (χ0n) is 8.20. The van der Waals surface area contributed by atoms with Gasteiger partial charge in [-0.3, -0.25) is 0 Å². The molecule has 1 aromatic heterocycles. The second-order valence-electron chi connectivity index (χ2n) is 2.62. The third-order valence-electron chi connectivity index (χ3n) is 1.75. The van der Waals surface area contributed by atoms with Crippen molar-refractivity contribution in [3.63, 3.8) is 0 Å². The zero-order chi connectivity index (χ0) is 10.7. The highest BCUT2D eigenvalue weighted by molar-refractivity contribution is 7.18. The van der Waals surface area contributed by atoms with Gasteiger partial charge in [-0.25, -0.2) is 9.78 Å². The van der Waals surface area contributed by atoms with Crippen LogP contribution in [0, 0.1) is 0 Å². The molecule has 1 heterocycles. The van der Waals surface area contributed by atoms with E-state index in [2.05, 4.69) is 9.72 Å². The van der Waals surface area contributed by atoms with E-state index in [1.807, 2.05) is 18.9 Å². The molecule has 0 aromatic carbocycles. The molecule has 0 saturated carbocycles. The average Bonchev–Trinajstić information content (AvgIpc) is 2.58. The smallest absolute Gasteiger partial charge is 0.351 e. The number of anilines is 1. The van der Waals surface area contributed by atoms with E-state index >= 15 is 0 Å². The van der Waals surface area contributed by atoms with E-state index in [9.17, 15) is 4.79 Å². The number of thiazole rings is 1. The summed E-state index contributed by atoms with van der Waals surface area (Å²) in [5.74, 6) is -0.441. The van der Waals surface area contributed by atoms with Crippen molar-refractivity contribution < 1.29 is 9.53 Å². The molecule has 0 atom stereocenters. The lowest BCUT2D eigenvalue weighted by molar-refractivity contribution is 0.0606. The normalized spacial score (nSPS) is 10.0. The second kappa shape index (κ2) is 4.61. The second-order valence-corrected chi connectivity index (χ2v) is 3.96. The van der Waals surface area contributed by atoms with Gasteiger partial charge in [0.2, 0.25) is 0 Å². The van der Waals surface area contributed by atoms with Crippen LogP contribution >= 0.6 is 22.9 Å². The van der Waals surface area contributed by atoms with Gasteiger partial charge in [-0.2, -0.15) is 0 Å². The van der Waals surface area contributed by atoms with E-state index in [-0.39, 0.29) is 5.15 Å². The molecule has 1 aromatic rings. The third kappa shape index (κ3) is 2.16. The summed E-state index contributed by atoms with van der Waals surface area (Å²) in [5.41, 5.74) is 0. The quantitative estimate of drug-likeness (QED) is 0.751. The number of hydrogen-bond donors (Lipinski definition) is 0. The molecule has 0 N–H and O–H groups in total. The Morgan fingerprint density at radius 2 is 2.36 bits per heavy atom. The van der Waals surface area contributed by atoms with E-state index in [1.165, 1.54) is 18.4 Å². The molecule has 0 bridgehead atoms. The lowest BCUT2D eigenvalue weighted by Crippen LogP contribution is -2.15. The molecule has 4 nitrogen and oxygen atoms in total. The summed E-state index contributed by atoms with van der Waals surface area (Å²) >= 11 is 7.02. The predicted octanol–water partition coefficient (Wildman–Crippen LogP) is 2.04. The number of methoxy groups -OCH3 is 1. The summed E-state index contributed by atoms with van der Waals surface area (Å²) in [4.78, 5) is 17.5. The molecule has 0 unspecified atom stereocenters. The molecule has 0 spiro atoms. The Morgan fingerprint density at radius 1 is 1.71 bits per heavy atom. The fourth-order valence-electron chi connectivity index (χ4n) is 0.808. The molecule has 0 aliphatic heterocycles. The third-order valence-corrected chi connectivity index (χ3v) is 3.28. The molecule has 1 rings (SSSR count). The molecular formula is C8H11ClN2O2S. The van der Waals surface area contributed by atoms with Crippen molar-refractivity contribution in [2.45, 2.75) is 6.92 Å². The molecule has 0 radical (unpaired) electrons. The van der Waals surface area contributed by atoms with Gasteiger partial charge in [-0.05, 0) is 6.92 Å². The van der Waals surface area contributed by atoms with Crippen molar-refractivity contribution in [1.29, 1.82) is 0 Å². The van der Waals surface area contributed by atoms with Crippen LogP contribution < -0.4 is 4.90 Å². The Labute approximate surface area is 91.5 Å². The van der Waals surface area contributed by atoms with Crippen LogP contribution in [0.1, 0.15) is 16.6 Å². The number of carbonyl (C=O) groups is 1. The van der Waals surface area contributed by atoms with Crippen molar-refractivity contribution in [1.82, 2.24) is 4.98 Å². The monoisotopic (exact) mass is 234 g/mol. The van der Waals surface area contributed by atoms with Crippen molar-refractivity contribution in [2.24, 2.45) is 0 Å². The molecular weight excluding hydrogens is 224 g/mol. The van der Waals surface area contributed by atoms with Crippen LogP contribution in [-0.4, -0.2) is 31.7 Å². The molecule has 0 aliphatic rings. The van der Waals surface area contributed by atoms with E-state index in [0.717, 1.165) is 11.7 Å². The molecule has 6 heteroatoms. The summed E-state index contributed by atoms with van der Waals surface area (Å²) in [5, 5.41) is 0.926. The van der Waals surface area contributed by atoms with Gasteiger partial charge in [-0.1, -0.05) is 22.9 Å². The Hall–Kier alpha value is -0.810. The molecule has 0 aliphatic carbocycles. The highest BCUT2D eigenvalue weighted by atomic mass is 35.5. The maximum Gasteiger partial charge on any atom is 0.351 e. The van der Waals surface area contributed by atoms with Crippen LogP contribution in [0.3, 0.4) is 0 Å². The van der Waals surface area contributed by atoms with Gasteiger partial charge in [0, 0.05) is 13.6 Å². The Morgan fingerprint density at radius 3 is 2.86 bits per heavy atom. The minimum absolute atomic E-state index is 0.206. The summed E-state index contributed by atoms with van der Waals surface area (Å²) in [6, 6.07) is 0. The van der Waals surface area contributed by atoms with Gasteiger partial charge in [0.1, 0.15) is 0 Å². The van der Waals surface area contributed by atoms with Crippen LogP contribution in [0.4, 0.5) is 5.13 Å². The number of esters is 1. The number of ether oxygens (including phenoxy) is 1. The molecule has 78 valence electrons. The lowest BCUT2D eigenvalue weighted by Gasteiger charge is -2.10. The minimum atomic E-state index is -0.441. The summed E-state index contributed by atoms with van der Waals surface area (Å²) in [6.45, 7) is 2.80. The Bertz CT molecular complexity index is 340.